The SMILES string of the molecule is C[C@H](CCCC(C)(C)O[Si](C)(C)C)[C@H]1CCC2/C(=C/Br)CCC[C@@]21C. The number of fused-ring (bicyclic) bond motifs is 1. The standard InChI is InChI=1S/C22H41BrOSi/c1-17(10-8-14-21(2,3)24-25(5,6)7)19-12-13-20-18(16-23)11-9-15-22(19,20)4/h16-17,19-20H,8-15H2,1-7H3/b18-16+/t17-,19-,20?,22-/m1/s1. The third-order valence-corrected chi connectivity index (χ3v) is 8.64. The van der Waals surface area contributed by atoms with E-state index >= 15 is 0 Å². The normalized spacial score (nSPS) is 33.5. The van der Waals surface area contributed by atoms with E-state index in [1.165, 1.54) is 51.4 Å². The molecule has 2 rings (SSSR count). The van der Waals surface area contributed by atoms with E-state index in [2.05, 4.69) is 68.3 Å². The summed E-state index contributed by atoms with van der Waals surface area (Å²) in [5.74, 6) is 2.58. The molecule has 0 bridgehead atoms. The molecule has 2 aliphatic carbocycles. The maximum Gasteiger partial charge on any atom is 0.184 e. The molecule has 0 heterocycles. The zero-order valence-corrected chi connectivity index (χ0v) is 20.3. The van der Waals surface area contributed by atoms with Crippen LogP contribution in [0.4, 0.5) is 0 Å². The van der Waals surface area contributed by atoms with Crippen LogP contribution in [-0.4, -0.2) is 13.9 Å². The molecule has 0 aromatic heterocycles. The van der Waals surface area contributed by atoms with Crippen LogP contribution in [0.25, 0.3) is 0 Å². The average Bonchev–Trinajstić information content (AvgIpc) is 2.81. The Kier molecular flexibility index (Phi) is 7.10. The van der Waals surface area contributed by atoms with Crippen LogP contribution in [0.15, 0.2) is 10.6 Å². The van der Waals surface area contributed by atoms with Gasteiger partial charge in [-0.2, -0.15) is 0 Å². The van der Waals surface area contributed by atoms with Crippen LogP contribution >= 0.6 is 15.9 Å². The molecule has 0 amide bonds. The van der Waals surface area contributed by atoms with Gasteiger partial charge in [0.1, 0.15) is 0 Å². The van der Waals surface area contributed by atoms with Crippen LogP contribution in [0.3, 0.4) is 0 Å². The van der Waals surface area contributed by atoms with Gasteiger partial charge in [-0.05, 0) is 100 Å². The number of allylic oxidation sites excluding steroid dienone is 1. The van der Waals surface area contributed by atoms with Gasteiger partial charge < -0.3 is 4.43 Å². The third kappa shape index (κ3) is 5.45. The fourth-order valence-electron chi connectivity index (χ4n) is 6.08. The summed E-state index contributed by atoms with van der Waals surface area (Å²) in [6, 6.07) is 0. The van der Waals surface area contributed by atoms with Gasteiger partial charge in [0, 0.05) is 0 Å². The third-order valence-electron chi connectivity index (χ3n) is 6.89. The Morgan fingerprint density at radius 1 is 1.32 bits per heavy atom. The van der Waals surface area contributed by atoms with E-state index in [1.54, 1.807) is 5.57 Å². The number of hydrogen-bond acceptors (Lipinski definition) is 1. The van der Waals surface area contributed by atoms with Crippen molar-refractivity contribution in [2.24, 2.45) is 23.2 Å². The maximum atomic E-state index is 6.39. The minimum absolute atomic E-state index is 0.0447. The van der Waals surface area contributed by atoms with E-state index in [4.69, 9.17) is 4.43 Å². The minimum atomic E-state index is -1.45. The molecule has 1 unspecified atom stereocenters. The molecule has 0 N–H and O–H groups in total. The summed E-state index contributed by atoms with van der Waals surface area (Å²) in [6.45, 7) is 16.6. The van der Waals surface area contributed by atoms with Gasteiger partial charge in [-0.1, -0.05) is 48.2 Å². The van der Waals surface area contributed by atoms with Gasteiger partial charge in [0.25, 0.3) is 0 Å². The molecule has 1 nitrogen and oxygen atoms in total. The van der Waals surface area contributed by atoms with E-state index in [9.17, 15) is 0 Å². The van der Waals surface area contributed by atoms with Gasteiger partial charge >= 0.3 is 0 Å². The van der Waals surface area contributed by atoms with Gasteiger partial charge in [0.05, 0.1) is 5.60 Å². The highest BCUT2D eigenvalue weighted by Crippen LogP contribution is 2.60. The summed E-state index contributed by atoms with van der Waals surface area (Å²) in [5, 5.41) is 0. The zero-order valence-electron chi connectivity index (χ0n) is 17.8. The van der Waals surface area contributed by atoms with E-state index in [-0.39, 0.29) is 5.60 Å². The first kappa shape index (κ1) is 21.7. The second kappa shape index (κ2) is 8.18. The quantitative estimate of drug-likeness (QED) is 0.374. The van der Waals surface area contributed by atoms with Gasteiger partial charge in [0.15, 0.2) is 8.32 Å². The van der Waals surface area contributed by atoms with Crippen LogP contribution < -0.4 is 0 Å². The predicted octanol–water partition coefficient (Wildman–Crippen LogP) is 7.92. The molecule has 146 valence electrons. The molecule has 0 radical (unpaired) electrons. The zero-order chi connectivity index (χ0) is 18.9. The highest BCUT2D eigenvalue weighted by molar-refractivity contribution is 9.11. The summed E-state index contributed by atoms with van der Waals surface area (Å²) in [5.41, 5.74) is 2.28. The Labute approximate surface area is 166 Å². The van der Waals surface area contributed by atoms with Crippen LogP contribution in [-0.2, 0) is 4.43 Å². The summed E-state index contributed by atoms with van der Waals surface area (Å²) in [4.78, 5) is 2.25. The van der Waals surface area contributed by atoms with Gasteiger partial charge in [-0.15, -0.1) is 0 Å². The molecule has 0 saturated heterocycles. The molecular formula is C22H41BrOSi. The Morgan fingerprint density at radius 2 is 2.00 bits per heavy atom. The Hall–Kier alpha value is 0.397. The van der Waals surface area contributed by atoms with E-state index in [1.807, 2.05) is 0 Å². The highest BCUT2D eigenvalue weighted by Gasteiger charge is 2.50. The molecule has 25 heavy (non-hydrogen) atoms. The molecule has 2 fully saturated rings. The molecular weight excluding hydrogens is 388 g/mol. The number of halogens is 1. The average molecular weight is 430 g/mol. The fourth-order valence-corrected chi connectivity index (χ4v) is 8.38. The van der Waals surface area contributed by atoms with Gasteiger partial charge in [-0.25, -0.2) is 0 Å². The lowest BCUT2D eigenvalue weighted by atomic mass is 9.61. The summed E-state index contributed by atoms with van der Waals surface area (Å²) in [7, 11) is -1.45. The van der Waals surface area contributed by atoms with Gasteiger partial charge in [-0.3, -0.25) is 0 Å². The first-order valence-corrected chi connectivity index (χ1v) is 14.8. The monoisotopic (exact) mass is 428 g/mol. The molecule has 4 atom stereocenters. The minimum Gasteiger partial charge on any atom is -0.413 e. The van der Waals surface area contributed by atoms with Crippen molar-refractivity contribution in [1.82, 2.24) is 0 Å². The maximum absolute atomic E-state index is 6.39. The Morgan fingerprint density at radius 3 is 2.60 bits per heavy atom. The fraction of sp³-hybridized carbons (Fsp3) is 0.909. The Balaban J connectivity index is 1.90. The second-order valence-electron chi connectivity index (χ2n) is 10.6. The van der Waals surface area contributed by atoms with Crippen molar-refractivity contribution in [3.05, 3.63) is 10.6 Å². The molecule has 0 spiro atoms. The number of rotatable bonds is 7. The number of hydrogen-bond donors (Lipinski definition) is 0. The predicted molar refractivity (Wildman–Crippen MR) is 117 cm³/mol. The topological polar surface area (TPSA) is 9.23 Å². The molecule has 0 aromatic rings. The second-order valence-corrected chi connectivity index (χ2v) is 15.5. The molecule has 0 aromatic carbocycles. The van der Waals surface area contributed by atoms with Crippen molar-refractivity contribution in [3.8, 4) is 0 Å². The van der Waals surface area contributed by atoms with Crippen molar-refractivity contribution in [2.75, 3.05) is 0 Å². The smallest absolute Gasteiger partial charge is 0.184 e. The lowest BCUT2D eigenvalue weighted by Gasteiger charge is -2.44. The van der Waals surface area contributed by atoms with Crippen LogP contribution in [0.2, 0.25) is 19.6 Å². The van der Waals surface area contributed by atoms with Crippen LogP contribution in [0.5, 0.6) is 0 Å². The van der Waals surface area contributed by atoms with Crippen molar-refractivity contribution in [2.45, 2.75) is 104 Å². The largest absolute Gasteiger partial charge is 0.413 e. The summed E-state index contributed by atoms with van der Waals surface area (Å²) < 4.78 is 6.39. The van der Waals surface area contributed by atoms with Crippen molar-refractivity contribution >= 4 is 24.2 Å². The summed E-state index contributed by atoms with van der Waals surface area (Å²) >= 11 is 3.64. The summed E-state index contributed by atoms with van der Waals surface area (Å²) in [6.07, 6.45) is 10.8. The molecule has 2 saturated carbocycles. The van der Waals surface area contributed by atoms with Crippen molar-refractivity contribution in [3.63, 3.8) is 0 Å². The van der Waals surface area contributed by atoms with Crippen molar-refractivity contribution in [1.29, 1.82) is 0 Å². The first-order chi connectivity index (χ1) is 11.5. The van der Waals surface area contributed by atoms with Gasteiger partial charge in [0.2, 0.25) is 0 Å². The van der Waals surface area contributed by atoms with Crippen LogP contribution in [0, 0.1) is 23.2 Å². The molecule has 0 aliphatic heterocycles. The van der Waals surface area contributed by atoms with Crippen molar-refractivity contribution < 1.29 is 4.43 Å². The first-order valence-electron chi connectivity index (χ1n) is 10.5. The van der Waals surface area contributed by atoms with E-state index in [0.29, 0.717) is 5.41 Å². The molecule has 2 aliphatic rings. The molecule has 3 heteroatoms. The lowest BCUT2D eigenvalue weighted by Crippen LogP contribution is -2.38. The lowest BCUT2D eigenvalue weighted by molar-refractivity contribution is 0.0736. The highest BCUT2D eigenvalue weighted by atomic mass is 79.9. The van der Waals surface area contributed by atoms with Crippen LogP contribution in [0.1, 0.15) is 79.1 Å². The van der Waals surface area contributed by atoms with E-state index in [0.717, 1.165) is 17.8 Å². The Bertz CT molecular complexity index is 479. The van der Waals surface area contributed by atoms with E-state index < -0.39 is 8.32 Å².